The molecule has 0 amide bonds. The highest BCUT2D eigenvalue weighted by Gasteiger charge is 2.01. The second kappa shape index (κ2) is 6.85. The Bertz CT molecular complexity index is 307. The van der Waals surface area contributed by atoms with E-state index >= 15 is 0 Å². The summed E-state index contributed by atoms with van der Waals surface area (Å²) in [6.07, 6.45) is 1.04. The van der Waals surface area contributed by atoms with Crippen molar-refractivity contribution in [2.24, 2.45) is 0 Å². The molecule has 0 fully saturated rings. The molecule has 0 aliphatic heterocycles. The molecule has 1 aromatic carbocycles. The summed E-state index contributed by atoms with van der Waals surface area (Å²) in [5.41, 5.74) is 6.24. The van der Waals surface area contributed by atoms with Crippen molar-refractivity contribution in [3.63, 3.8) is 0 Å². The van der Waals surface area contributed by atoms with Crippen LogP contribution in [0.5, 0.6) is 5.75 Å². The summed E-state index contributed by atoms with van der Waals surface area (Å²) < 4.78 is 5.54. The van der Waals surface area contributed by atoms with E-state index in [4.69, 9.17) is 22.1 Å². The van der Waals surface area contributed by atoms with Crippen LogP contribution in [-0.4, -0.2) is 18.1 Å². The molecule has 1 aromatic rings. The first-order valence-electron chi connectivity index (χ1n) is 4.99. The van der Waals surface area contributed by atoms with Crippen LogP contribution < -0.4 is 10.5 Å². The van der Waals surface area contributed by atoms with Crippen molar-refractivity contribution in [1.29, 1.82) is 0 Å². The number of benzene rings is 1. The van der Waals surface area contributed by atoms with Crippen LogP contribution in [0.2, 0.25) is 5.02 Å². The lowest BCUT2D eigenvalue weighted by molar-refractivity contribution is 0.319. The van der Waals surface area contributed by atoms with E-state index in [9.17, 15) is 0 Å². The number of nitrogen functional groups attached to an aromatic ring is 1. The Morgan fingerprint density at radius 3 is 2.93 bits per heavy atom. The van der Waals surface area contributed by atoms with Crippen molar-refractivity contribution in [2.75, 3.05) is 23.8 Å². The van der Waals surface area contributed by atoms with Gasteiger partial charge in [0.05, 0.1) is 11.6 Å². The fourth-order valence-corrected chi connectivity index (χ4v) is 1.98. The van der Waals surface area contributed by atoms with E-state index in [1.165, 1.54) is 0 Å². The molecular weight excluding hydrogens is 230 g/mol. The number of ether oxygens (including phenoxy) is 1. The van der Waals surface area contributed by atoms with Crippen LogP contribution in [-0.2, 0) is 0 Å². The van der Waals surface area contributed by atoms with Crippen LogP contribution in [0.3, 0.4) is 0 Å². The van der Waals surface area contributed by atoms with Gasteiger partial charge in [-0.05, 0) is 36.1 Å². The number of rotatable bonds is 6. The lowest BCUT2D eigenvalue weighted by Crippen LogP contribution is -1.99. The summed E-state index contributed by atoms with van der Waals surface area (Å²) in [4.78, 5) is 0. The first kappa shape index (κ1) is 12.5. The van der Waals surface area contributed by atoms with Crippen molar-refractivity contribution in [3.05, 3.63) is 23.2 Å². The highest BCUT2D eigenvalue weighted by Crippen LogP contribution is 2.26. The first-order chi connectivity index (χ1) is 7.24. The minimum atomic E-state index is 0.582. The average molecular weight is 246 g/mol. The molecule has 0 atom stereocenters. The third-order valence-electron chi connectivity index (χ3n) is 1.85. The zero-order valence-corrected chi connectivity index (χ0v) is 10.4. The van der Waals surface area contributed by atoms with Gasteiger partial charge in [-0.25, -0.2) is 0 Å². The van der Waals surface area contributed by atoms with Crippen molar-refractivity contribution < 1.29 is 4.74 Å². The molecular formula is C11H16ClNOS. The molecule has 0 aliphatic rings. The van der Waals surface area contributed by atoms with Crippen LogP contribution in [0.15, 0.2) is 18.2 Å². The molecule has 0 saturated carbocycles. The number of halogens is 1. The minimum absolute atomic E-state index is 0.582. The van der Waals surface area contributed by atoms with Crippen molar-refractivity contribution >= 4 is 29.1 Å². The predicted octanol–water partition coefficient (Wildman–Crippen LogP) is 3.44. The second-order valence-corrected chi connectivity index (χ2v) is 4.89. The lowest BCUT2D eigenvalue weighted by Gasteiger charge is -2.07. The Hall–Kier alpha value is -0.540. The van der Waals surface area contributed by atoms with Gasteiger partial charge in [0, 0.05) is 5.69 Å². The predicted molar refractivity (Wildman–Crippen MR) is 69.0 cm³/mol. The Balaban J connectivity index is 2.31. The molecule has 0 unspecified atom stereocenters. The van der Waals surface area contributed by atoms with Crippen LogP contribution in [0.1, 0.15) is 13.3 Å². The Morgan fingerprint density at radius 2 is 2.27 bits per heavy atom. The minimum Gasteiger partial charge on any atom is -0.492 e. The third kappa shape index (κ3) is 4.67. The number of hydrogen-bond acceptors (Lipinski definition) is 3. The molecule has 0 bridgehead atoms. The number of nitrogens with two attached hydrogens (primary N) is 1. The van der Waals surface area contributed by atoms with Gasteiger partial charge in [-0.3, -0.25) is 0 Å². The van der Waals surface area contributed by atoms with E-state index in [1.807, 2.05) is 17.8 Å². The summed E-state index contributed by atoms with van der Waals surface area (Å²) in [6, 6.07) is 5.31. The molecule has 0 saturated heterocycles. The van der Waals surface area contributed by atoms with E-state index in [1.54, 1.807) is 12.1 Å². The molecule has 2 N–H and O–H groups in total. The largest absolute Gasteiger partial charge is 0.492 e. The van der Waals surface area contributed by atoms with Gasteiger partial charge in [-0.1, -0.05) is 18.5 Å². The maximum Gasteiger partial charge on any atom is 0.138 e. The second-order valence-electron chi connectivity index (χ2n) is 3.09. The van der Waals surface area contributed by atoms with Crippen LogP contribution in [0.25, 0.3) is 0 Å². The van der Waals surface area contributed by atoms with Crippen molar-refractivity contribution in [3.8, 4) is 5.75 Å². The highest BCUT2D eigenvalue weighted by atomic mass is 35.5. The standard InChI is InChI=1S/C11H16ClNOS/c1-2-15-7-3-6-14-11-5-4-9(13)8-10(11)12/h4-5,8H,2-3,6-7,13H2,1H3. The van der Waals surface area contributed by atoms with Crippen LogP contribution >= 0.6 is 23.4 Å². The Labute approximate surface area is 100 Å². The molecule has 1 rings (SSSR count). The summed E-state index contributed by atoms with van der Waals surface area (Å²) in [7, 11) is 0. The van der Waals surface area contributed by atoms with E-state index in [2.05, 4.69) is 6.92 Å². The summed E-state index contributed by atoms with van der Waals surface area (Å²) in [5, 5.41) is 0.582. The van der Waals surface area contributed by atoms with E-state index in [0.29, 0.717) is 23.1 Å². The molecule has 0 heterocycles. The zero-order chi connectivity index (χ0) is 11.1. The number of hydrogen-bond donors (Lipinski definition) is 1. The number of anilines is 1. The van der Waals surface area contributed by atoms with Crippen LogP contribution in [0, 0.1) is 0 Å². The summed E-state index contributed by atoms with van der Waals surface area (Å²) in [6.45, 7) is 2.86. The molecule has 84 valence electrons. The number of thioether (sulfide) groups is 1. The van der Waals surface area contributed by atoms with Gasteiger partial charge >= 0.3 is 0 Å². The van der Waals surface area contributed by atoms with E-state index in [0.717, 1.165) is 17.9 Å². The quantitative estimate of drug-likeness (QED) is 0.616. The summed E-state index contributed by atoms with van der Waals surface area (Å²) in [5.74, 6) is 3.00. The molecule has 0 radical (unpaired) electrons. The van der Waals surface area contributed by atoms with Gasteiger partial charge in [-0.2, -0.15) is 11.8 Å². The maximum atomic E-state index is 5.96. The molecule has 0 aromatic heterocycles. The average Bonchev–Trinajstić information content (AvgIpc) is 2.20. The molecule has 15 heavy (non-hydrogen) atoms. The third-order valence-corrected chi connectivity index (χ3v) is 3.13. The van der Waals surface area contributed by atoms with Gasteiger partial charge in [-0.15, -0.1) is 0 Å². The molecule has 2 nitrogen and oxygen atoms in total. The highest BCUT2D eigenvalue weighted by molar-refractivity contribution is 7.99. The topological polar surface area (TPSA) is 35.2 Å². The normalized spacial score (nSPS) is 10.3. The Morgan fingerprint density at radius 1 is 1.47 bits per heavy atom. The molecule has 0 aliphatic carbocycles. The van der Waals surface area contributed by atoms with Gasteiger partial charge in [0.1, 0.15) is 5.75 Å². The van der Waals surface area contributed by atoms with Gasteiger partial charge in [0.25, 0.3) is 0 Å². The smallest absolute Gasteiger partial charge is 0.138 e. The lowest BCUT2D eigenvalue weighted by atomic mass is 10.3. The SMILES string of the molecule is CCSCCCOc1ccc(N)cc1Cl. The Kier molecular flexibility index (Phi) is 5.73. The monoisotopic (exact) mass is 245 g/mol. The van der Waals surface area contributed by atoms with Crippen molar-refractivity contribution in [2.45, 2.75) is 13.3 Å². The fraction of sp³-hybridized carbons (Fsp3) is 0.455. The van der Waals surface area contributed by atoms with Gasteiger partial charge < -0.3 is 10.5 Å². The van der Waals surface area contributed by atoms with Gasteiger partial charge in [0.2, 0.25) is 0 Å². The van der Waals surface area contributed by atoms with E-state index < -0.39 is 0 Å². The summed E-state index contributed by atoms with van der Waals surface area (Å²) >= 11 is 7.88. The van der Waals surface area contributed by atoms with E-state index in [-0.39, 0.29) is 0 Å². The molecule has 4 heteroatoms. The fourth-order valence-electron chi connectivity index (χ4n) is 1.12. The van der Waals surface area contributed by atoms with Crippen molar-refractivity contribution in [1.82, 2.24) is 0 Å². The maximum absolute atomic E-state index is 5.96. The zero-order valence-electron chi connectivity index (χ0n) is 8.83. The van der Waals surface area contributed by atoms with Gasteiger partial charge in [0.15, 0.2) is 0 Å². The first-order valence-corrected chi connectivity index (χ1v) is 6.53. The van der Waals surface area contributed by atoms with Crippen LogP contribution in [0.4, 0.5) is 5.69 Å². The molecule has 0 spiro atoms.